The molecule has 0 radical (unpaired) electrons. The van der Waals surface area contributed by atoms with Gasteiger partial charge >= 0.3 is 5.97 Å². The minimum absolute atomic E-state index is 0.0825. The number of carboxylic acids is 1. The van der Waals surface area contributed by atoms with Gasteiger partial charge in [-0.25, -0.2) is 4.79 Å². The fourth-order valence-corrected chi connectivity index (χ4v) is 3.32. The highest BCUT2D eigenvalue weighted by Crippen LogP contribution is 2.21. The number of carboxylic acid groups (broad SMARTS) is 1. The molecule has 0 spiro atoms. The van der Waals surface area contributed by atoms with E-state index in [0.717, 1.165) is 32.2 Å². The molecule has 7 nitrogen and oxygen atoms in total. The number of hydrogen-bond acceptors (Lipinski definition) is 4. The third kappa shape index (κ3) is 13.4. The molecule has 0 saturated carbocycles. The molecule has 2 unspecified atom stereocenters. The van der Waals surface area contributed by atoms with E-state index < -0.39 is 12.0 Å². The molecule has 2 N–H and O–H groups in total. The molecule has 194 valence electrons. The van der Waals surface area contributed by atoms with Crippen LogP contribution in [0.4, 0.5) is 0 Å². The van der Waals surface area contributed by atoms with E-state index >= 15 is 0 Å². The minimum Gasteiger partial charge on any atom is -0.478 e. The van der Waals surface area contributed by atoms with E-state index in [1.165, 1.54) is 30.7 Å². The van der Waals surface area contributed by atoms with E-state index in [2.05, 4.69) is 51.8 Å². The SMILES string of the molecule is CCC.CCC.CCC(NC(=O)[C@H]1CCCCN1C(C)CC)C(=O)N(C)C/C=C(\C)C(=O)O. The quantitative estimate of drug-likeness (QED) is 0.471. The van der Waals surface area contributed by atoms with E-state index in [1.54, 1.807) is 7.05 Å². The van der Waals surface area contributed by atoms with E-state index in [4.69, 9.17) is 5.11 Å². The van der Waals surface area contributed by atoms with Gasteiger partial charge in [-0.1, -0.05) is 66.9 Å². The van der Waals surface area contributed by atoms with Crippen LogP contribution in [0, 0.1) is 0 Å². The largest absolute Gasteiger partial charge is 0.478 e. The van der Waals surface area contributed by atoms with Crippen LogP contribution in [-0.2, 0) is 14.4 Å². The average molecular weight is 470 g/mol. The molecule has 0 aliphatic carbocycles. The highest BCUT2D eigenvalue weighted by atomic mass is 16.4. The van der Waals surface area contributed by atoms with Gasteiger partial charge < -0.3 is 15.3 Å². The standard InChI is InChI=1S/C20H35N3O4.2C3H8/c1-6-15(4)23-12-9-8-10-17(23)18(24)21-16(7-2)19(25)22(5)13-11-14(3)20(26)27;2*1-3-2/h11,15-17H,6-10,12-13H2,1-5H3,(H,21,24)(H,26,27);2*3H2,1-2H3/b14-11+;;/t15?,16?,17-;;/m1../s1. The number of nitrogens with zero attached hydrogens (tertiary/aromatic N) is 2. The summed E-state index contributed by atoms with van der Waals surface area (Å²) in [6, 6.07) is -0.444. The Balaban J connectivity index is 0. The Hall–Kier alpha value is -1.89. The monoisotopic (exact) mass is 469 g/mol. The van der Waals surface area contributed by atoms with Crippen molar-refractivity contribution < 1.29 is 19.5 Å². The van der Waals surface area contributed by atoms with Gasteiger partial charge in [0.05, 0.1) is 6.04 Å². The lowest BCUT2D eigenvalue weighted by atomic mass is 9.98. The van der Waals surface area contributed by atoms with E-state index in [1.807, 2.05) is 6.92 Å². The number of amides is 2. The number of hydrogen-bond donors (Lipinski definition) is 2. The molecule has 1 rings (SSSR count). The third-order valence-electron chi connectivity index (χ3n) is 5.41. The molecule has 33 heavy (non-hydrogen) atoms. The summed E-state index contributed by atoms with van der Waals surface area (Å²) >= 11 is 0. The summed E-state index contributed by atoms with van der Waals surface area (Å²) in [6.45, 7) is 17.2. The first-order valence-electron chi connectivity index (χ1n) is 12.8. The molecule has 1 aliphatic heterocycles. The Morgan fingerprint density at radius 1 is 1.06 bits per heavy atom. The van der Waals surface area contributed by atoms with Gasteiger partial charge in [0.2, 0.25) is 11.8 Å². The zero-order chi connectivity index (χ0) is 26.0. The number of likely N-dealkylation sites (N-methyl/N-ethyl adjacent to an activating group) is 1. The van der Waals surface area contributed by atoms with Gasteiger partial charge in [-0.3, -0.25) is 14.5 Å². The molecule has 1 fully saturated rings. The van der Waals surface area contributed by atoms with Gasteiger partial charge in [-0.05, 0) is 46.1 Å². The maximum Gasteiger partial charge on any atom is 0.331 e. The maximum atomic E-state index is 12.9. The first-order chi connectivity index (χ1) is 15.6. The molecular formula is C26H51N3O4. The summed E-state index contributed by atoms with van der Waals surface area (Å²) in [6.07, 6.45) is 8.42. The van der Waals surface area contributed by atoms with Crippen molar-refractivity contribution in [2.75, 3.05) is 20.1 Å². The summed E-state index contributed by atoms with van der Waals surface area (Å²) in [5.74, 6) is -1.29. The van der Waals surface area contributed by atoms with Crippen LogP contribution >= 0.6 is 0 Å². The van der Waals surface area contributed by atoms with Crippen LogP contribution in [0.5, 0.6) is 0 Å². The van der Waals surface area contributed by atoms with E-state index in [9.17, 15) is 14.4 Å². The number of likely N-dealkylation sites (tertiary alicyclic amines) is 1. The average Bonchev–Trinajstić information content (AvgIpc) is 2.80. The zero-order valence-electron chi connectivity index (χ0n) is 22.7. The summed E-state index contributed by atoms with van der Waals surface area (Å²) < 4.78 is 0. The Bertz CT molecular complexity index is 590. The lowest BCUT2D eigenvalue weighted by molar-refractivity contribution is -0.137. The number of piperidine rings is 1. The topological polar surface area (TPSA) is 90.0 Å². The minimum atomic E-state index is -1.00. The van der Waals surface area contributed by atoms with Crippen molar-refractivity contribution in [1.29, 1.82) is 0 Å². The summed E-state index contributed by atoms with van der Waals surface area (Å²) in [5.41, 5.74) is 0.193. The Labute approximate surface area is 203 Å². The van der Waals surface area contributed by atoms with Crippen LogP contribution in [-0.4, -0.2) is 71.0 Å². The molecule has 3 atom stereocenters. The van der Waals surface area contributed by atoms with Crippen LogP contribution in [0.25, 0.3) is 0 Å². The highest BCUT2D eigenvalue weighted by molar-refractivity contribution is 5.90. The summed E-state index contributed by atoms with van der Waals surface area (Å²) in [4.78, 5) is 40.1. The van der Waals surface area contributed by atoms with Crippen molar-refractivity contribution in [1.82, 2.24) is 15.1 Å². The summed E-state index contributed by atoms with van der Waals surface area (Å²) in [7, 11) is 1.62. The molecule has 1 aliphatic rings. The first kappa shape index (κ1) is 33.3. The predicted molar refractivity (Wildman–Crippen MR) is 137 cm³/mol. The van der Waals surface area contributed by atoms with Crippen LogP contribution in [0.2, 0.25) is 0 Å². The van der Waals surface area contributed by atoms with Crippen molar-refractivity contribution in [3.63, 3.8) is 0 Å². The normalized spacial score (nSPS) is 18.0. The second-order valence-corrected chi connectivity index (χ2v) is 8.80. The van der Waals surface area contributed by atoms with Crippen molar-refractivity contribution in [3.05, 3.63) is 11.6 Å². The van der Waals surface area contributed by atoms with E-state index in [-0.39, 0.29) is 30.0 Å². The summed E-state index contributed by atoms with van der Waals surface area (Å²) in [5, 5.41) is 11.8. The molecule has 0 aromatic carbocycles. The van der Waals surface area contributed by atoms with Gasteiger partial charge in [0.1, 0.15) is 6.04 Å². The lowest BCUT2D eigenvalue weighted by Gasteiger charge is -2.39. The molecule has 1 heterocycles. The fraction of sp³-hybridized carbons (Fsp3) is 0.808. The van der Waals surface area contributed by atoms with Gasteiger partial charge in [0, 0.05) is 25.2 Å². The molecule has 0 aromatic heterocycles. The molecule has 1 saturated heterocycles. The number of carbonyl (C=O) groups excluding carboxylic acids is 2. The van der Waals surface area contributed by atoms with Crippen LogP contribution in [0.3, 0.4) is 0 Å². The van der Waals surface area contributed by atoms with Gasteiger partial charge in [0.25, 0.3) is 0 Å². The number of aliphatic carboxylic acids is 1. The van der Waals surface area contributed by atoms with Crippen molar-refractivity contribution in [2.45, 2.75) is 118 Å². The smallest absolute Gasteiger partial charge is 0.331 e. The first-order valence-corrected chi connectivity index (χ1v) is 12.8. The second kappa shape index (κ2) is 19.6. The molecule has 0 bridgehead atoms. The number of nitrogens with one attached hydrogen (secondary N) is 1. The van der Waals surface area contributed by atoms with Gasteiger partial charge in [0.15, 0.2) is 0 Å². The highest BCUT2D eigenvalue weighted by Gasteiger charge is 2.33. The van der Waals surface area contributed by atoms with Crippen LogP contribution in [0.15, 0.2) is 11.6 Å². The van der Waals surface area contributed by atoms with Gasteiger partial charge in [-0.15, -0.1) is 0 Å². The van der Waals surface area contributed by atoms with Crippen molar-refractivity contribution in [3.8, 4) is 0 Å². The molecule has 7 heteroatoms. The van der Waals surface area contributed by atoms with E-state index in [0.29, 0.717) is 12.5 Å². The van der Waals surface area contributed by atoms with Gasteiger partial charge in [-0.2, -0.15) is 0 Å². The predicted octanol–water partition coefficient (Wildman–Crippen LogP) is 4.86. The molecule has 0 aromatic rings. The maximum absolute atomic E-state index is 12.9. The Morgan fingerprint density at radius 3 is 2.06 bits per heavy atom. The Morgan fingerprint density at radius 2 is 1.61 bits per heavy atom. The van der Waals surface area contributed by atoms with Crippen molar-refractivity contribution >= 4 is 17.8 Å². The third-order valence-corrected chi connectivity index (χ3v) is 5.41. The number of carbonyl (C=O) groups is 3. The van der Waals surface area contributed by atoms with Crippen molar-refractivity contribution in [2.24, 2.45) is 0 Å². The Kier molecular flexibility index (Phi) is 19.7. The molecular weight excluding hydrogens is 418 g/mol. The fourth-order valence-electron chi connectivity index (χ4n) is 3.32. The van der Waals surface area contributed by atoms with Crippen LogP contribution in [0.1, 0.15) is 100 Å². The number of rotatable bonds is 9. The van der Waals surface area contributed by atoms with Crippen LogP contribution < -0.4 is 5.32 Å². The second-order valence-electron chi connectivity index (χ2n) is 8.80. The molecule has 2 amide bonds. The zero-order valence-corrected chi connectivity index (χ0v) is 22.7. The lowest BCUT2D eigenvalue weighted by Crippen LogP contribution is -2.56.